The lowest BCUT2D eigenvalue weighted by atomic mass is 9.94. The summed E-state index contributed by atoms with van der Waals surface area (Å²) in [6.07, 6.45) is -0.319. The topological polar surface area (TPSA) is 144 Å². The van der Waals surface area contributed by atoms with Crippen molar-refractivity contribution in [2.24, 2.45) is 16.2 Å². The lowest BCUT2D eigenvalue weighted by molar-refractivity contribution is -0.140. The van der Waals surface area contributed by atoms with Crippen molar-refractivity contribution in [2.45, 2.75) is 101 Å². The molecule has 0 fully saturated rings. The van der Waals surface area contributed by atoms with Gasteiger partial charge in [0.05, 0.1) is 6.42 Å². The van der Waals surface area contributed by atoms with E-state index in [0.717, 1.165) is 13.1 Å². The van der Waals surface area contributed by atoms with Crippen LogP contribution in [0, 0.1) is 16.2 Å². The van der Waals surface area contributed by atoms with Crippen LogP contribution in [0.25, 0.3) is 0 Å². The quantitative estimate of drug-likeness (QED) is 0.431. The first-order valence-electron chi connectivity index (χ1n) is 12.7. The van der Waals surface area contributed by atoms with Crippen LogP contribution in [0.3, 0.4) is 0 Å². The van der Waals surface area contributed by atoms with Crippen molar-refractivity contribution < 1.29 is 34.2 Å². The minimum atomic E-state index is -1.06. The molecular formula is C27H53N3O7. The number of carboxylic acids is 2. The predicted molar refractivity (Wildman–Crippen MR) is 146 cm³/mol. The highest BCUT2D eigenvalue weighted by molar-refractivity contribution is 5.82. The number of carbonyl (C=O) groups is 5. The largest absolute Gasteiger partial charge is 0.481 e. The third kappa shape index (κ3) is 20.1. The molecule has 10 heteroatoms. The van der Waals surface area contributed by atoms with Crippen molar-refractivity contribution >= 4 is 29.7 Å². The van der Waals surface area contributed by atoms with Crippen LogP contribution in [0.1, 0.15) is 95.4 Å². The minimum Gasteiger partial charge on any atom is -0.481 e. The van der Waals surface area contributed by atoms with Crippen LogP contribution < -0.4 is 5.32 Å². The van der Waals surface area contributed by atoms with Gasteiger partial charge < -0.3 is 25.3 Å². The van der Waals surface area contributed by atoms with E-state index in [4.69, 9.17) is 10.2 Å². The maximum Gasteiger partial charge on any atom is 0.305 e. The van der Waals surface area contributed by atoms with Crippen LogP contribution in [0.2, 0.25) is 0 Å². The van der Waals surface area contributed by atoms with Gasteiger partial charge in [0.2, 0.25) is 17.7 Å². The Bertz CT molecular complexity index is 739. The highest BCUT2D eigenvalue weighted by Crippen LogP contribution is 2.17. The summed E-state index contributed by atoms with van der Waals surface area (Å²) >= 11 is 0. The van der Waals surface area contributed by atoms with Gasteiger partial charge in [0.25, 0.3) is 0 Å². The molecule has 0 rings (SSSR count). The molecule has 0 aliphatic carbocycles. The maximum atomic E-state index is 11.6. The molecule has 10 nitrogen and oxygen atoms in total. The highest BCUT2D eigenvalue weighted by atomic mass is 16.4. The summed E-state index contributed by atoms with van der Waals surface area (Å²) in [4.78, 5) is 58.8. The van der Waals surface area contributed by atoms with Crippen LogP contribution >= 0.6 is 0 Å². The SMILES string of the molecule is CC(C)(C)C(=O)NC(CCC(=O)O)CC(=O)O.CCN(CC)C(=O)C(C)(C)C.CN(C)C(=O)C(C)(C)C. The van der Waals surface area contributed by atoms with Gasteiger partial charge in [-0.2, -0.15) is 0 Å². The lowest BCUT2D eigenvalue weighted by Crippen LogP contribution is -2.42. The van der Waals surface area contributed by atoms with Crippen LogP contribution in [0.4, 0.5) is 0 Å². The molecule has 0 radical (unpaired) electrons. The molecule has 1 unspecified atom stereocenters. The van der Waals surface area contributed by atoms with E-state index in [2.05, 4.69) is 5.32 Å². The summed E-state index contributed by atoms with van der Waals surface area (Å²) in [6.45, 7) is 22.3. The number of aliphatic carboxylic acids is 2. The standard InChI is InChI=1S/C11H19NO5.C9H19NO.C7H15NO/c1-11(2,3)10(17)12-7(6-9(15)16)4-5-8(13)14;1-6-10(7-2)8(11)9(3,4)5;1-7(2,3)6(9)8(4)5/h7H,4-6H2,1-3H3,(H,12,17)(H,13,14)(H,15,16);6-7H2,1-5H3;1-5H3. The molecule has 0 bridgehead atoms. The molecule has 0 heterocycles. The molecule has 0 saturated carbocycles. The molecule has 37 heavy (non-hydrogen) atoms. The molecule has 0 aliphatic heterocycles. The Balaban J connectivity index is -0.000000500. The van der Waals surface area contributed by atoms with Crippen molar-refractivity contribution in [3.8, 4) is 0 Å². The van der Waals surface area contributed by atoms with E-state index >= 15 is 0 Å². The fourth-order valence-corrected chi connectivity index (χ4v) is 2.79. The van der Waals surface area contributed by atoms with Crippen molar-refractivity contribution in [1.29, 1.82) is 0 Å². The Kier molecular flexibility index (Phi) is 17.8. The smallest absolute Gasteiger partial charge is 0.305 e. The van der Waals surface area contributed by atoms with E-state index in [9.17, 15) is 24.0 Å². The number of carbonyl (C=O) groups excluding carboxylic acids is 3. The minimum absolute atomic E-state index is 0.115. The number of rotatable bonds is 8. The third-order valence-corrected chi connectivity index (χ3v) is 4.88. The predicted octanol–water partition coefficient (Wildman–Crippen LogP) is 3.88. The van der Waals surface area contributed by atoms with Crippen molar-refractivity contribution in [2.75, 3.05) is 27.2 Å². The number of carboxylic acid groups (broad SMARTS) is 2. The zero-order valence-corrected chi connectivity index (χ0v) is 25.4. The van der Waals surface area contributed by atoms with Gasteiger partial charge in [-0.3, -0.25) is 24.0 Å². The second kappa shape index (κ2) is 17.0. The fourth-order valence-electron chi connectivity index (χ4n) is 2.79. The Hall–Kier alpha value is -2.65. The molecule has 0 aromatic carbocycles. The maximum absolute atomic E-state index is 11.6. The van der Waals surface area contributed by atoms with Gasteiger partial charge in [0.1, 0.15) is 0 Å². The summed E-state index contributed by atoms with van der Waals surface area (Å²) in [6, 6.07) is -0.643. The molecule has 0 spiro atoms. The first kappa shape index (κ1) is 38.9. The zero-order chi connectivity index (χ0) is 30.4. The number of hydrogen-bond donors (Lipinski definition) is 3. The van der Waals surface area contributed by atoms with Gasteiger partial charge in [-0.15, -0.1) is 0 Å². The van der Waals surface area contributed by atoms with E-state index in [-0.39, 0.29) is 47.8 Å². The molecule has 0 aromatic heterocycles. The Morgan fingerprint density at radius 2 is 1.11 bits per heavy atom. The van der Waals surface area contributed by atoms with Gasteiger partial charge in [-0.25, -0.2) is 0 Å². The monoisotopic (exact) mass is 531 g/mol. The van der Waals surface area contributed by atoms with Gasteiger partial charge in [0.15, 0.2) is 0 Å². The number of hydrogen-bond acceptors (Lipinski definition) is 5. The molecule has 1 atom stereocenters. The van der Waals surface area contributed by atoms with Crippen molar-refractivity contribution in [1.82, 2.24) is 15.1 Å². The summed E-state index contributed by atoms with van der Waals surface area (Å²) < 4.78 is 0. The summed E-state index contributed by atoms with van der Waals surface area (Å²) in [5, 5.41) is 19.8. The highest BCUT2D eigenvalue weighted by Gasteiger charge is 2.26. The Morgan fingerprint density at radius 3 is 1.30 bits per heavy atom. The molecule has 0 saturated heterocycles. The van der Waals surface area contributed by atoms with Crippen LogP contribution in [0.15, 0.2) is 0 Å². The number of amides is 3. The van der Waals surface area contributed by atoms with Crippen molar-refractivity contribution in [3.63, 3.8) is 0 Å². The molecule has 3 amide bonds. The van der Waals surface area contributed by atoms with Gasteiger partial charge in [0, 0.05) is 55.9 Å². The van der Waals surface area contributed by atoms with Gasteiger partial charge in [-0.05, 0) is 20.3 Å². The zero-order valence-electron chi connectivity index (χ0n) is 25.4. The fraction of sp³-hybridized carbons (Fsp3) is 0.815. The van der Waals surface area contributed by atoms with E-state index in [1.54, 1.807) is 39.8 Å². The average Bonchev–Trinajstić information content (AvgIpc) is 2.70. The van der Waals surface area contributed by atoms with E-state index in [1.807, 2.05) is 60.3 Å². The molecule has 218 valence electrons. The van der Waals surface area contributed by atoms with E-state index < -0.39 is 23.4 Å². The van der Waals surface area contributed by atoms with Crippen LogP contribution in [0.5, 0.6) is 0 Å². The second-order valence-electron chi connectivity index (χ2n) is 12.1. The number of nitrogens with one attached hydrogen (secondary N) is 1. The van der Waals surface area contributed by atoms with E-state index in [0.29, 0.717) is 0 Å². The van der Waals surface area contributed by atoms with Crippen LogP contribution in [-0.4, -0.2) is 82.9 Å². The summed E-state index contributed by atoms with van der Waals surface area (Å²) in [5.74, 6) is -1.95. The normalized spacial score (nSPS) is 12.0. The number of nitrogens with zero attached hydrogens (tertiary/aromatic N) is 2. The first-order valence-corrected chi connectivity index (χ1v) is 12.7. The molecule has 0 aliphatic rings. The Labute approximate surface area is 224 Å². The average molecular weight is 532 g/mol. The first-order chi connectivity index (χ1) is 16.4. The Morgan fingerprint density at radius 1 is 0.703 bits per heavy atom. The van der Waals surface area contributed by atoms with E-state index in [1.165, 1.54) is 0 Å². The third-order valence-electron chi connectivity index (χ3n) is 4.88. The molecule has 0 aromatic rings. The summed E-state index contributed by atoms with van der Waals surface area (Å²) in [5.41, 5.74) is -1.09. The molecular weight excluding hydrogens is 478 g/mol. The summed E-state index contributed by atoms with van der Waals surface area (Å²) in [7, 11) is 3.54. The van der Waals surface area contributed by atoms with Gasteiger partial charge >= 0.3 is 11.9 Å². The van der Waals surface area contributed by atoms with Crippen LogP contribution in [-0.2, 0) is 24.0 Å². The lowest BCUT2D eigenvalue weighted by Gasteiger charge is -2.27. The van der Waals surface area contributed by atoms with Crippen molar-refractivity contribution in [3.05, 3.63) is 0 Å². The van der Waals surface area contributed by atoms with Gasteiger partial charge in [-0.1, -0.05) is 62.3 Å². The second-order valence-corrected chi connectivity index (χ2v) is 12.1. The molecule has 3 N–H and O–H groups in total.